The van der Waals surface area contributed by atoms with Crippen LogP contribution in [0.15, 0.2) is 48.5 Å². The van der Waals surface area contributed by atoms with Crippen LogP contribution in [0.2, 0.25) is 0 Å². The van der Waals surface area contributed by atoms with Crippen LogP contribution in [0.25, 0.3) is 0 Å². The van der Waals surface area contributed by atoms with Crippen molar-refractivity contribution in [3.05, 3.63) is 65.2 Å². The summed E-state index contributed by atoms with van der Waals surface area (Å²) in [6.45, 7) is 13.5. The Balaban J connectivity index is 1.53. The average Bonchev–Trinajstić information content (AvgIpc) is 2.55. The Morgan fingerprint density at radius 3 is 2.07 bits per heavy atom. The lowest BCUT2D eigenvalue weighted by atomic mass is 9.83. The van der Waals surface area contributed by atoms with E-state index in [1.54, 1.807) is 42.0 Å². The number of methoxy groups -OCH3 is 2. The van der Waals surface area contributed by atoms with Crippen molar-refractivity contribution in [3.63, 3.8) is 0 Å². The number of carboxylic acids is 2. The quantitative estimate of drug-likeness (QED) is 0.0458. The fourth-order valence-corrected chi connectivity index (χ4v) is 12.9. The van der Waals surface area contributed by atoms with Gasteiger partial charge in [-0.1, -0.05) is 85.2 Å². The number of hydrogen-bond acceptors (Lipinski definition) is 17. The first kappa shape index (κ1) is 75.4. The zero-order valence-corrected chi connectivity index (χ0v) is 54.3. The van der Waals surface area contributed by atoms with Gasteiger partial charge in [0.15, 0.2) is 17.6 Å². The Hall–Kier alpha value is -6.05. The number of nitrogens with one attached hydrogen (secondary N) is 1. The summed E-state index contributed by atoms with van der Waals surface area (Å²) in [4.78, 5) is 124. The molecule has 0 radical (unpaired) electrons. The minimum Gasteiger partial charge on any atom is -0.481 e. The van der Waals surface area contributed by atoms with E-state index < -0.39 is 109 Å². The van der Waals surface area contributed by atoms with Crippen molar-refractivity contribution in [1.29, 1.82) is 0 Å². The summed E-state index contributed by atoms with van der Waals surface area (Å²) in [6.07, 6.45) is -6.85. The smallest absolute Gasteiger partial charge is 0.307 e. The van der Waals surface area contributed by atoms with Crippen LogP contribution in [0.5, 0.6) is 5.75 Å². The molecule has 2 aliphatic heterocycles. The number of Topliss-reactive ketones (excluding diaryl/α,β-unsaturated/α-hetero) is 4. The van der Waals surface area contributed by atoms with Crippen molar-refractivity contribution >= 4 is 52.8 Å². The first-order chi connectivity index (χ1) is 41.9. The molecule has 0 saturated carbocycles. The van der Waals surface area contributed by atoms with Crippen LogP contribution in [0.1, 0.15) is 136 Å². The van der Waals surface area contributed by atoms with E-state index in [2.05, 4.69) is 5.32 Å². The predicted octanol–water partition coefficient (Wildman–Crippen LogP) is 4.32. The molecule has 89 heavy (non-hydrogen) atoms. The van der Waals surface area contributed by atoms with Crippen LogP contribution < -0.4 is 15.8 Å². The minimum atomic E-state index is -1.65. The second kappa shape index (κ2) is 35.5. The third-order valence-corrected chi connectivity index (χ3v) is 17.9. The SMILES string of the molecule is CC[C@H](C)[C@@H]([C@@H](CC(=O)N1CCC[C@H]1[C@H](OC)[C@@H](C)C(=O)C[C@@H](Cc1ccccc1)C(=O)O)OC)N(C)C(=O)[C@@H](CC(=O)[C@H](C(C)C)[N+](C)(C)Cc1ccc(O[C@@H]2OC[C@@H](O)[C@H](O)[C@H]2O)c(CC(=O)CCCC(=O)[C@H](CN)NC(=O)CCC(=O)O)c1)C(C)C. The Kier molecular flexibility index (Phi) is 30.1. The second-order valence-corrected chi connectivity index (χ2v) is 25.7. The van der Waals surface area contributed by atoms with Gasteiger partial charge in [-0.15, -0.1) is 0 Å². The number of rotatable bonds is 39. The molecule has 8 N–H and O–H groups in total. The van der Waals surface area contributed by atoms with Crippen LogP contribution in [0, 0.1) is 35.5 Å². The number of hydrogen-bond donors (Lipinski definition) is 7. The monoisotopic (exact) mass is 1250 g/mol. The summed E-state index contributed by atoms with van der Waals surface area (Å²) in [7, 11) is 8.52. The minimum absolute atomic E-state index is 0.0689. The van der Waals surface area contributed by atoms with E-state index >= 15 is 9.59 Å². The van der Waals surface area contributed by atoms with Gasteiger partial charge in [0.2, 0.25) is 24.0 Å². The number of aliphatic carboxylic acids is 2. The fraction of sp³-hybridized carbons (Fsp3) is 0.682. The highest BCUT2D eigenvalue weighted by atomic mass is 16.7. The van der Waals surface area contributed by atoms with E-state index in [-0.39, 0.29) is 135 Å². The molecule has 0 unspecified atom stereocenters. The Bertz CT molecular complexity index is 2690. The molecule has 0 spiro atoms. The van der Waals surface area contributed by atoms with Crippen LogP contribution >= 0.6 is 0 Å². The maximum absolute atomic E-state index is 15.1. The third kappa shape index (κ3) is 21.5. The molecule has 2 saturated heterocycles. The normalized spacial score (nSPS) is 21.0. The number of nitrogens with zero attached hydrogens (tertiary/aromatic N) is 3. The predicted molar refractivity (Wildman–Crippen MR) is 330 cm³/mol. The molecule has 2 aromatic carbocycles. The molecule has 23 heteroatoms. The first-order valence-electron chi connectivity index (χ1n) is 31.4. The Labute approximate surface area is 524 Å². The number of quaternary nitrogens is 1. The molecular weight excluding hydrogens is 1150 g/mol. The molecule has 0 aromatic heterocycles. The standard InChI is InChI=1S/C66H101N5O18/c1-13-40(6)59(55(86-11)34-57(78)70-28-18-22-49(70)63(87-12)41(7)51(74)32-45(65(84)85)29-42-19-15-14-16-20-42)69(8)64(83)47(38(2)3)33-52(75)60(39(4)5)71(9,10)36-43-24-25-54(89-66-62(82)61(81)53(76)37-88-66)44(30-43)31-46(72)21-17-23-50(73)48(35-67)68-56(77)26-27-58(79)80/h14-16,19-20,24-25,30,38-41,45,47-49,53,55,59-63,66,76,81-82H,13,17-18,21-23,26-29,31-37,67H2,1-12H3,(H2-,68,77,79,80,84,85)/p+1/t40-,41-,45+,47-,48-,49-,53+,55+,59-,60-,61-,62+,63+,66-/m0/s1. The first-order valence-corrected chi connectivity index (χ1v) is 31.4. The molecule has 2 aliphatic rings. The maximum Gasteiger partial charge on any atom is 0.307 e. The number of aliphatic hydroxyl groups is 3. The number of carboxylic acid groups (broad SMARTS) is 2. The zero-order chi connectivity index (χ0) is 66.6. The third-order valence-electron chi connectivity index (χ3n) is 17.9. The highest BCUT2D eigenvalue weighted by Crippen LogP contribution is 2.34. The van der Waals surface area contributed by atoms with Gasteiger partial charge in [0.05, 0.1) is 69.8 Å². The van der Waals surface area contributed by atoms with Crippen molar-refractivity contribution in [2.75, 3.05) is 55.1 Å². The zero-order valence-electron chi connectivity index (χ0n) is 54.3. The molecule has 23 nitrogen and oxygen atoms in total. The van der Waals surface area contributed by atoms with E-state index in [4.69, 9.17) is 29.8 Å². The number of carbonyl (C=O) groups is 9. The second-order valence-electron chi connectivity index (χ2n) is 25.7. The topological polar surface area (TPSA) is 336 Å². The van der Waals surface area contributed by atoms with Crippen molar-refractivity contribution in [3.8, 4) is 5.75 Å². The van der Waals surface area contributed by atoms with Gasteiger partial charge in [-0.2, -0.15) is 0 Å². The molecule has 2 fully saturated rings. The molecule has 14 atom stereocenters. The summed E-state index contributed by atoms with van der Waals surface area (Å²) in [5.74, 6) is -7.50. The van der Waals surface area contributed by atoms with Gasteiger partial charge in [0, 0.05) is 102 Å². The number of likely N-dealkylation sites (N-methyl/N-ethyl adjacent to an activating group) is 2. The molecular formula is C66H102N5O18+. The molecule has 0 aliphatic carbocycles. The average molecular weight is 1250 g/mol. The van der Waals surface area contributed by atoms with E-state index in [1.165, 1.54) is 14.2 Å². The van der Waals surface area contributed by atoms with Crippen LogP contribution in [-0.2, 0) is 76.7 Å². The number of benzene rings is 2. The molecule has 4 rings (SSSR count). The molecule has 3 amide bonds. The van der Waals surface area contributed by atoms with Crippen molar-refractivity contribution in [2.45, 2.75) is 199 Å². The molecule has 498 valence electrons. The van der Waals surface area contributed by atoms with Crippen molar-refractivity contribution in [1.82, 2.24) is 15.1 Å². The van der Waals surface area contributed by atoms with Gasteiger partial charge < -0.3 is 69.8 Å². The number of aliphatic hydroxyl groups excluding tert-OH is 3. The number of nitrogens with two attached hydrogens (primary N) is 1. The van der Waals surface area contributed by atoms with Gasteiger partial charge >= 0.3 is 11.9 Å². The summed E-state index contributed by atoms with van der Waals surface area (Å²) < 4.78 is 23.8. The van der Waals surface area contributed by atoms with Gasteiger partial charge in [-0.3, -0.25) is 43.2 Å². The van der Waals surface area contributed by atoms with Gasteiger partial charge in [0.25, 0.3) is 0 Å². The lowest BCUT2D eigenvalue weighted by molar-refractivity contribution is -0.922. The summed E-state index contributed by atoms with van der Waals surface area (Å²) in [5.41, 5.74) is 7.62. The Morgan fingerprint density at radius 2 is 1.48 bits per heavy atom. The van der Waals surface area contributed by atoms with Crippen LogP contribution in [0.4, 0.5) is 0 Å². The highest BCUT2D eigenvalue weighted by molar-refractivity contribution is 5.91. The van der Waals surface area contributed by atoms with Crippen LogP contribution in [0.3, 0.4) is 0 Å². The number of ketones is 4. The summed E-state index contributed by atoms with van der Waals surface area (Å²) in [5, 5.41) is 52.8. The van der Waals surface area contributed by atoms with Gasteiger partial charge in [-0.25, -0.2) is 0 Å². The number of likely N-dealkylation sites (tertiary alicyclic amines) is 1. The lowest BCUT2D eigenvalue weighted by Gasteiger charge is -2.42. The van der Waals surface area contributed by atoms with Gasteiger partial charge in [-0.05, 0) is 61.3 Å². The number of amides is 3. The fourth-order valence-electron chi connectivity index (χ4n) is 12.9. The largest absolute Gasteiger partial charge is 0.481 e. The van der Waals surface area contributed by atoms with Gasteiger partial charge in [0.1, 0.15) is 42.2 Å². The van der Waals surface area contributed by atoms with E-state index in [0.717, 1.165) is 5.56 Å². The number of carbonyl (C=O) groups excluding carboxylic acids is 7. The summed E-state index contributed by atoms with van der Waals surface area (Å²) >= 11 is 0. The van der Waals surface area contributed by atoms with E-state index in [0.29, 0.717) is 36.9 Å². The molecule has 0 bridgehead atoms. The molecule has 2 heterocycles. The van der Waals surface area contributed by atoms with Crippen LogP contribution in [-0.4, -0.2) is 209 Å². The molecule has 2 aromatic rings. The Morgan fingerprint density at radius 1 is 0.809 bits per heavy atom. The van der Waals surface area contributed by atoms with E-state index in [9.17, 15) is 54.0 Å². The van der Waals surface area contributed by atoms with Crippen molar-refractivity contribution < 1.29 is 92.1 Å². The van der Waals surface area contributed by atoms with E-state index in [1.807, 2.05) is 86.0 Å². The highest BCUT2D eigenvalue weighted by Gasteiger charge is 2.46. The lowest BCUT2D eigenvalue weighted by Crippen LogP contribution is -2.56. The maximum atomic E-state index is 15.1. The van der Waals surface area contributed by atoms with Crippen molar-refractivity contribution in [2.24, 2.45) is 41.2 Å². The summed E-state index contributed by atoms with van der Waals surface area (Å²) in [6, 6.07) is 11.5. The number of ether oxygens (including phenoxy) is 4.